The Kier molecular flexibility index (Phi) is 3.70. The van der Waals surface area contributed by atoms with Gasteiger partial charge in [-0.25, -0.2) is 0 Å². The summed E-state index contributed by atoms with van der Waals surface area (Å²) in [4.78, 5) is 10.2. The summed E-state index contributed by atoms with van der Waals surface area (Å²) in [7, 11) is 0. The highest BCUT2D eigenvalue weighted by Gasteiger charge is 2.03. The molecule has 0 aromatic heterocycles. The fraction of sp³-hybridized carbons (Fsp3) is 0. The maximum atomic E-state index is 10.7. The molecule has 0 radical (unpaired) electrons. The van der Waals surface area contributed by atoms with Gasteiger partial charge in [0.1, 0.15) is 0 Å². The normalized spacial score (nSPS) is 10.3. The number of nitriles is 1. The van der Waals surface area contributed by atoms with E-state index in [4.69, 9.17) is 5.26 Å². The van der Waals surface area contributed by atoms with Crippen LogP contribution in [0.3, 0.4) is 0 Å². The molecule has 2 aromatic rings. The summed E-state index contributed by atoms with van der Waals surface area (Å²) in [5, 5.41) is 19.5. The lowest BCUT2D eigenvalue weighted by Gasteiger charge is -1.96. The van der Waals surface area contributed by atoms with Crippen molar-refractivity contribution in [2.24, 2.45) is 0 Å². The van der Waals surface area contributed by atoms with Crippen molar-refractivity contribution in [2.45, 2.75) is 0 Å². The van der Waals surface area contributed by atoms with Crippen LogP contribution in [0.1, 0.15) is 16.7 Å². The van der Waals surface area contributed by atoms with Crippen LogP contribution >= 0.6 is 0 Å². The van der Waals surface area contributed by atoms with Gasteiger partial charge in [0.15, 0.2) is 0 Å². The molecule has 0 aliphatic heterocycles. The van der Waals surface area contributed by atoms with Crippen LogP contribution in [0.15, 0.2) is 48.5 Å². The fourth-order valence-electron chi connectivity index (χ4n) is 1.65. The van der Waals surface area contributed by atoms with E-state index in [9.17, 15) is 10.1 Å². The van der Waals surface area contributed by atoms with E-state index in [1.54, 1.807) is 36.4 Å². The summed E-state index contributed by atoms with van der Waals surface area (Å²) in [5.41, 5.74) is 2.27. The van der Waals surface area contributed by atoms with Crippen LogP contribution in [0.25, 0.3) is 12.2 Å². The summed E-state index contributed by atoms with van der Waals surface area (Å²) in [5.74, 6) is 0. The van der Waals surface area contributed by atoms with E-state index >= 15 is 0 Å². The highest BCUT2D eigenvalue weighted by atomic mass is 16.6. The molecule has 0 aliphatic rings. The fourth-order valence-corrected chi connectivity index (χ4v) is 1.65. The maximum Gasteiger partial charge on any atom is 0.270 e. The average Bonchev–Trinajstić information content (AvgIpc) is 2.45. The van der Waals surface area contributed by atoms with Crippen LogP contribution in [0, 0.1) is 21.4 Å². The van der Waals surface area contributed by atoms with Gasteiger partial charge in [0.25, 0.3) is 5.69 Å². The first kappa shape index (κ1) is 12.5. The molecule has 0 saturated carbocycles. The zero-order chi connectivity index (χ0) is 13.7. The Bertz CT molecular complexity index is 685. The van der Waals surface area contributed by atoms with Crippen LogP contribution in [0.4, 0.5) is 5.69 Å². The van der Waals surface area contributed by atoms with Gasteiger partial charge in [-0.05, 0) is 23.3 Å². The first-order valence-corrected chi connectivity index (χ1v) is 5.62. The molecule has 0 bridgehead atoms. The Labute approximate surface area is 110 Å². The van der Waals surface area contributed by atoms with Gasteiger partial charge in [-0.3, -0.25) is 10.1 Å². The smallest absolute Gasteiger partial charge is 0.258 e. The molecule has 0 unspecified atom stereocenters. The van der Waals surface area contributed by atoms with E-state index in [0.717, 1.165) is 11.1 Å². The molecule has 0 saturated heterocycles. The van der Waals surface area contributed by atoms with Gasteiger partial charge in [0, 0.05) is 12.1 Å². The van der Waals surface area contributed by atoms with Crippen LogP contribution in [0.5, 0.6) is 0 Å². The third-order valence-corrected chi connectivity index (χ3v) is 2.56. The third kappa shape index (κ3) is 3.27. The van der Waals surface area contributed by atoms with Crippen molar-refractivity contribution in [2.75, 3.05) is 0 Å². The monoisotopic (exact) mass is 250 g/mol. The second kappa shape index (κ2) is 5.61. The van der Waals surface area contributed by atoms with E-state index in [0.29, 0.717) is 5.56 Å². The van der Waals surface area contributed by atoms with E-state index in [-0.39, 0.29) is 5.69 Å². The number of rotatable bonds is 3. The van der Waals surface area contributed by atoms with Gasteiger partial charge in [0.05, 0.1) is 16.6 Å². The Morgan fingerprint density at radius 1 is 1.05 bits per heavy atom. The Morgan fingerprint density at radius 2 is 1.68 bits per heavy atom. The van der Waals surface area contributed by atoms with E-state index in [1.807, 2.05) is 12.1 Å². The molecule has 4 nitrogen and oxygen atoms in total. The molecule has 0 N–H and O–H groups in total. The molecule has 92 valence electrons. The van der Waals surface area contributed by atoms with Gasteiger partial charge >= 0.3 is 0 Å². The highest BCUT2D eigenvalue weighted by molar-refractivity contribution is 5.71. The minimum Gasteiger partial charge on any atom is -0.258 e. The number of benzene rings is 2. The van der Waals surface area contributed by atoms with Gasteiger partial charge in [0.2, 0.25) is 0 Å². The second-order valence-corrected chi connectivity index (χ2v) is 3.92. The lowest BCUT2D eigenvalue weighted by molar-refractivity contribution is -0.384. The van der Waals surface area contributed by atoms with Crippen molar-refractivity contribution in [3.05, 3.63) is 75.3 Å². The van der Waals surface area contributed by atoms with Gasteiger partial charge < -0.3 is 0 Å². The summed E-state index contributed by atoms with van der Waals surface area (Å²) >= 11 is 0. The summed E-state index contributed by atoms with van der Waals surface area (Å²) < 4.78 is 0. The van der Waals surface area contributed by atoms with Crippen molar-refractivity contribution in [3.63, 3.8) is 0 Å². The first-order valence-electron chi connectivity index (χ1n) is 5.62. The quantitative estimate of drug-likeness (QED) is 0.474. The largest absolute Gasteiger partial charge is 0.270 e. The third-order valence-electron chi connectivity index (χ3n) is 2.56. The minimum atomic E-state index is -0.423. The Hall–Kier alpha value is -2.93. The predicted molar refractivity (Wildman–Crippen MR) is 73.2 cm³/mol. The lowest BCUT2D eigenvalue weighted by atomic mass is 10.1. The van der Waals surface area contributed by atoms with Crippen LogP contribution in [0.2, 0.25) is 0 Å². The van der Waals surface area contributed by atoms with Crippen LogP contribution in [-0.4, -0.2) is 4.92 Å². The average molecular weight is 250 g/mol. The molecule has 0 fully saturated rings. The zero-order valence-electron chi connectivity index (χ0n) is 9.98. The first-order chi connectivity index (χ1) is 9.19. The molecule has 0 spiro atoms. The molecule has 0 atom stereocenters. The molecule has 2 rings (SSSR count). The molecule has 0 heterocycles. The zero-order valence-corrected chi connectivity index (χ0v) is 9.98. The lowest BCUT2D eigenvalue weighted by Crippen LogP contribution is -1.87. The maximum absolute atomic E-state index is 10.7. The summed E-state index contributed by atoms with van der Waals surface area (Å²) in [6.07, 6.45) is 3.60. The molecule has 19 heavy (non-hydrogen) atoms. The summed E-state index contributed by atoms with van der Waals surface area (Å²) in [6.45, 7) is 0. The number of hydrogen-bond acceptors (Lipinski definition) is 3. The van der Waals surface area contributed by atoms with Crippen LogP contribution < -0.4 is 0 Å². The van der Waals surface area contributed by atoms with E-state index in [2.05, 4.69) is 6.07 Å². The number of nitrogens with zero attached hydrogens (tertiary/aromatic N) is 2. The van der Waals surface area contributed by atoms with Gasteiger partial charge in [-0.2, -0.15) is 5.26 Å². The number of hydrogen-bond donors (Lipinski definition) is 0. The number of nitro benzene ring substituents is 1. The van der Waals surface area contributed by atoms with Gasteiger partial charge in [-0.15, -0.1) is 0 Å². The highest BCUT2D eigenvalue weighted by Crippen LogP contribution is 2.16. The number of non-ortho nitro benzene ring substituents is 1. The SMILES string of the molecule is N#Cc1cccc(C=Cc2cccc([N+](=O)[O-])c2)c1. The van der Waals surface area contributed by atoms with Crippen molar-refractivity contribution >= 4 is 17.8 Å². The van der Waals surface area contributed by atoms with Crippen LogP contribution in [-0.2, 0) is 0 Å². The Balaban J connectivity index is 2.25. The second-order valence-electron chi connectivity index (χ2n) is 3.92. The van der Waals surface area contributed by atoms with E-state index in [1.165, 1.54) is 12.1 Å². The van der Waals surface area contributed by atoms with E-state index < -0.39 is 4.92 Å². The van der Waals surface area contributed by atoms with Gasteiger partial charge in [-0.1, -0.05) is 36.4 Å². The molecule has 0 amide bonds. The Morgan fingerprint density at radius 3 is 2.32 bits per heavy atom. The molecule has 2 aromatic carbocycles. The predicted octanol–water partition coefficient (Wildman–Crippen LogP) is 3.64. The van der Waals surface area contributed by atoms with Crippen molar-refractivity contribution in [1.29, 1.82) is 5.26 Å². The topological polar surface area (TPSA) is 66.9 Å². The molecular formula is C15H10N2O2. The number of nitro groups is 1. The molecule has 4 heteroatoms. The van der Waals surface area contributed by atoms with Crippen molar-refractivity contribution < 1.29 is 4.92 Å². The molecule has 0 aliphatic carbocycles. The van der Waals surface area contributed by atoms with Crippen molar-refractivity contribution in [1.82, 2.24) is 0 Å². The van der Waals surface area contributed by atoms with Crippen molar-refractivity contribution in [3.8, 4) is 6.07 Å². The summed E-state index contributed by atoms with van der Waals surface area (Å²) in [6, 6.07) is 15.6. The molecular weight excluding hydrogens is 240 g/mol. The standard InChI is InChI=1S/C15H10N2O2/c16-11-14-5-1-3-12(9-14)7-8-13-4-2-6-15(10-13)17(18)19/h1-10H. The minimum absolute atomic E-state index is 0.0629.